The molecule has 4 unspecified atom stereocenters. The first-order valence-electron chi connectivity index (χ1n) is 6.34. The molecule has 3 heteroatoms. The molecule has 2 saturated carbocycles. The summed E-state index contributed by atoms with van der Waals surface area (Å²) < 4.78 is 0. The van der Waals surface area contributed by atoms with Crippen LogP contribution < -0.4 is 5.32 Å². The third-order valence-corrected chi connectivity index (χ3v) is 4.56. The molecule has 2 aliphatic carbocycles. The van der Waals surface area contributed by atoms with Gasteiger partial charge in [-0.15, -0.1) is 0 Å². The molecular formula is C12H20N2O. The number of carbonyl (C=O) groups excluding carboxylic acids is 1. The zero-order valence-corrected chi connectivity index (χ0v) is 9.41. The van der Waals surface area contributed by atoms with Crippen LogP contribution in [0.15, 0.2) is 0 Å². The minimum atomic E-state index is 0.321. The van der Waals surface area contributed by atoms with Crippen LogP contribution in [-0.2, 0) is 4.79 Å². The summed E-state index contributed by atoms with van der Waals surface area (Å²) in [5.41, 5.74) is 0. The Labute approximate surface area is 91.2 Å². The molecule has 3 nitrogen and oxygen atoms in total. The highest BCUT2D eigenvalue weighted by molar-refractivity contribution is 5.81. The molecule has 0 radical (unpaired) electrons. The van der Waals surface area contributed by atoms with Crippen LogP contribution in [-0.4, -0.2) is 29.6 Å². The SMILES string of the molecule is CCC1NCC(=O)N1C1CC2CCC1C2. The van der Waals surface area contributed by atoms with E-state index in [9.17, 15) is 4.79 Å². The van der Waals surface area contributed by atoms with Gasteiger partial charge >= 0.3 is 0 Å². The maximum Gasteiger partial charge on any atom is 0.238 e. The molecule has 84 valence electrons. The number of carbonyl (C=O) groups is 1. The second-order valence-corrected chi connectivity index (χ2v) is 5.35. The second-order valence-electron chi connectivity index (χ2n) is 5.35. The Morgan fingerprint density at radius 1 is 1.40 bits per heavy atom. The molecular weight excluding hydrogens is 188 g/mol. The first kappa shape index (κ1) is 9.64. The maximum absolute atomic E-state index is 11.9. The molecule has 3 fully saturated rings. The fourth-order valence-corrected chi connectivity index (χ4v) is 3.88. The van der Waals surface area contributed by atoms with Gasteiger partial charge in [0.15, 0.2) is 0 Å². The number of nitrogens with one attached hydrogen (secondary N) is 1. The fourth-order valence-electron chi connectivity index (χ4n) is 3.88. The summed E-state index contributed by atoms with van der Waals surface area (Å²) in [5.74, 6) is 2.07. The third kappa shape index (κ3) is 1.40. The molecule has 3 aliphatic rings. The number of hydrogen-bond acceptors (Lipinski definition) is 2. The second kappa shape index (κ2) is 3.48. The van der Waals surface area contributed by atoms with E-state index in [1.54, 1.807) is 0 Å². The van der Waals surface area contributed by atoms with Crippen molar-refractivity contribution in [1.29, 1.82) is 0 Å². The van der Waals surface area contributed by atoms with Gasteiger partial charge in [-0.1, -0.05) is 13.3 Å². The Morgan fingerprint density at radius 2 is 2.27 bits per heavy atom. The van der Waals surface area contributed by atoms with E-state index in [4.69, 9.17) is 0 Å². The number of fused-ring (bicyclic) bond motifs is 2. The molecule has 0 aromatic rings. The highest BCUT2D eigenvalue weighted by Gasteiger charge is 2.46. The smallest absolute Gasteiger partial charge is 0.238 e. The molecule has 1 N–H and O–H groups in total. The Hall–Kier alpha value is -0.570. The average Bonchev–Trinajstić information content (AvgIpc) is 2.90. The van der Waals surface area contributed by atoms with Crippen LogP contribution in [0.1, 0.15) is 39.0 Å². The van der Waals surface area contributed by atoms with E-state index in [0.717, 1.165) is 18.3 Å². The summed E-state index contributed by atoms with van der Waals surface area (Å²) in [6.45, 7) is 2.73. The zero-order valence-electron chi connectivity index (χ0n) is 9.41. The molecule has 0 spiro atoms. The van der Waals surface area contributed by atoms with E-state index in [1.165, 1.54) is 25.7 Å². The molecule has 1 saturated heterocycles. The van der Waals surface area contributed by atoms with E-state index < -0.39 is 0 Å². The topological polar surface area (TPSA) is 32.3 Å². The van der Waals surface area contributed by atoms with Gasteiger partial charge in [0.1, 0.15) is 0 Å². The van der Waals surface area contributed by atoms with E-state index >= 15 is 0 Å². The van der Waals surface area contributed by atoms with Crippen LogP contribution >= 0.6 is 0 Å². The van der Waals surface area contributed by atoms with Crippen molar-refractivity contribution in [1.82, 2.24) is 10.2 Å². The number of nitrogens with zero attached hydrogens (tertiary/aromatic N) is 1. The molecule has 15 heavy (non-hydrogen) atoms. The average molecular weight is 208 g/mol. The van der Waals surface area contributed by atoms with Crippen molar-refractivity contribution in [3.8, 4) is 0 Å². The van der Waals surface area contributed by atoms with Gasteiger partial charge in [-0.3, -0.25) is 10.1 Å². The number of rotatable bonds is 2. The molecule has 0 aromatic carbocycles. The van der Waals surface area contributed by atoms with Gasteiger partial charge in [0.25, 0.3) is 0 Å². The molecule has 1 amide bonds. The summed E-state index contributed by atoms with van der Waals surface area (Å²) in [5, 5.41) is 3.32. The Bertz CT molecular complexity index is 279. The minimum Gasteiger partial charge on any atom is -0.323 e. The van der Waals surface area contributed by atoms with E-state index in [-0.39, 0.29) is 0 Å². The van der Waals surface area contributed by atoms with Gasteiger partial charge in [-0.05, 0) is 37.5 Å². The lowest BCUT2D eigenvalue weighted by atomic mass is 9.93. The van der Waals surface area contributed by atoms with Crippen LogP contribution in [0, 0.1) is 11.8 Å². The van der Waals surface area contributed by atoms with Gasteiger partial charge in [0.2, 0.25) is 5.91 Å². The third-order valence-electron chi connectivity index (χ3n) is 4.56. The Morgan fingerprint density at radius 3 is 2.87 bits per heavy atom. The first-order chi connectivity index (χ1) is 7.29. The van der Waals surface area contributed by atoms with Gasteiger partial charge < -0.3 is 4.90 Å². The van der Waals surface area contributed by atoms with Gasteiger partial charge in [0, 0.05) is 6.04 Å². The number of amides is 1. The molecule has 4 atom stereocenters. The molecule has 1 aliphatic heterocycles. The van der Waals surface area contributed by atoms with Crippen molar-refractivity contribution >= 4 is 5.91 Å². The maximum atomic E-state index is 11.9. The van der Waals surface area contributed by atoms with Crippen molar-refractivity contribution in [2.45, 2.75) is 51.2 Å². The quantitative estimate of drug-likeness (QED) is 0.743. The molecule has 2 bridgehead atoms. The van der Waals surface area contributed by atoms with Crippen LogP contribution in [0.2, 0.25) is 0 Å². The normalized spacial score (nSPS) is 44.3. The van der Waals surface area contributed by atoms with Crippen molar-refractivity contribution in [3.05, 3.63) is 0 Å². The van der Waals surface area contributed by atoms with E-state index in [2.05, 4.69) is 17.1 Å². The predicted molar refractivity (Wildman–Crippen MR) is 58.2 cm³/mol. The lowest BCUT2D eigenvalue weighted by molar-refractivity contribution is -0.131. The lowest BCUT2D eigenvalue weighted by Gasteiger charge is -2.35. The summed E-state index contributed by atoms with van der Waals surface area (Å²) >= 11 is 0. The van der Waals surface area contributed by atoms with Crippen LogP contribution in [0.3, 0.4) is 0 Å². The summed E-state index contributed by atoms with van der Waals surface area (Å²) in [6, 6.07) is 0.566. The van der Waals surface area contributed by atoms with Gasteiger partial charge in [-0.25, -0.2) is 0 Å². The van der Waals surface area contributed by atoms with E-state index in [1.807, 2.05) is 0 Å². The Kier molecular flexibility index (Phi) is 2.23. The molecule has 3 rings (SSSR count). The fraction of sp³-hybridized carbons (Fsp3) is 0.917. The van der Waals surface area contributed by atoms with Crippen LogP contribution in [0.25, 0.3) is 0 Å². The van der Waals surface area contributed by atoms with Crippen molar-refractivity contribution < 1.29 is 4.79 Å². The van der Waals surface area contributed by atoms with Crippen molar-refractivity contribution in [2.75, 3.05) is 6.54 Å². The zero-order chi connectivity index (χ0) is 10.4. The molecule has 0 aromatic heterocycles. The highest BCUT2D eigenvalue weighted by Crippen LogP contribution is 2.47. The Balaban J connectivity index is 1.78. The first-order valence-corrected chi connectivity index (χ1v) is 6.34. The monoisotopic (exact) mass is 208 g/mol. The standard InChI is InChI=1S/C12H20N2O/c1-2-11-13-7-12(15)14(11)10-6-8-3-4-9(10)5-8/h8-11,13H,2-7H2,1H3. The minimum absolute atomic E-state index is 0.321. The predicted octanol–water partition coefficient (Wildman–Crippen LogP) is 1.34. The van der Waals surface area contributed by atoms with E-state index in [0.29, 0.717) is 24.7 Å². The van der Waals surface area contributed by atoms with Crippen molar-refractivity contribution in [3.63, 3.8) is 0 Å². The van der Waals surface area contributed by atoms with Gasteiger partial charge in [0.05, 0.1) is 12.7 Å². The summed E-state index contributed by atoms with van der Waals surface area (Å²) in [7, 11) is 0. The largest absolute Gasteiger partial charge is 0.323 e. The number of hydrogen-bond donors (Lipinski definition) is 1. The van der Waals surface area contributed by atoms with Crippen LogP contribution in [0.4, 0.5) is 0 Å². The van der Waals surface area contributed by atoms with Gasteiger partial charge in [-0.2, -0.15) is 0 Å². The highest BCUT2D eigenvalue weighted by atomic mass is 16.2. The summed E-state index contributed by atoms with van der Waals surface area (Å²) in [6.07, 6.45) is 6.78. The van der Waals surface area contributed by atoms with Crippen LogP contribution in [0.5, 0.6) is 0 Å². The summed E-state index contributed by atoms with van der Waals surface area (Å²) in [4.78, 5) is 14.0. The molecule has 1 heterocycles. The van der Waals surface area contributed by atoms with Crippen molar-refractivity contribution in [2.24, 2.45) is 11.8 Å². The lowest BCUT2D eigenvalue weighted by Crippen LogP contribution is -2.46.